The third-order valence-electron chi connectivity index (χ3n) is 2.30. The molecule has 19 heavy (non-hydrogen) atoms. The van der Waals surface area contributed by atoms with Gasteiger partial charge >= 0.3 is 6.09 Å². The molecular weight excluding hydrogens is 242 g/mol. The van der Waals surface area contributed by atoms with Gasteiger partial charge in [-0.1, -0.05) is 19.9 Å². The van der Waals surface area contributed by atoms with Crippen molar-refractivity contribution in [3.05, 3.63) is 24.3 Å². The first-order chi connectivity index (χ1) is 8.69. The topological polar surface area (TPSA) is 49.8 Å². The lowest BCUT2D eigenvalue weighted by Gasteiger charge is -2.28. The molecule has 0 bridgehead atoms. The predicted octanol–water partition coefficient (Wildman–Crippen LogP) is 3.79. The number of phenolic OH excluding ortho intramolecular Hbond substituents is 1. The molecular formula is C15H23NO3. The first kappa shape index (κ1) is 15.3. The minimum absolute atomic E-state index is 0.134. The third kappa shape index (κ3) is 5.20. The number of anilines is 1. The molecule has 1 rings (SSSR count). The van der Waals surface area contributed by atoms with Gasteiger partial charge in [0.2, 0.25) is 0 Å². The molecule has 4 heteroatoms. The van der Waals surface area contributed by atoms with Crippen LogP contribution in [0.3, 0.4) is 0 Å². The molecule has 0 atom stereocenters. The van der Waals surface area contributed by atoms with Gasteiger partial charge in [0, 0.05) is 12.6 Å². The van der Waals surface area contributed by atoms with E-state index in [0.717, 1.165) is 0 Å². The molecule has 0 aliphatic heterocycles. The maximum atomic E-state index is 12.2. The van der Waals surface area contributed by atoms with E-state index in [9.17, 15) is 9.90 Å². The molecule has 0 aliphatic carbocycles. The highest BCUT2D eigenvalue weighted by atomic mass is 16.6. The lowest BCUT2D eigenvalue weighted by Crippen LogP contribution is -2.39. The van der Waals surface area contributed by atoms with Gasteiger partial charge in [-0.3, -0.25) is 4.90 Å². The summed E-state index contributed by atoms with van der Waals surface area (Å²) in [5, 5.41) is 9.53. The second-order valence-electron chi connectivity index (χ2n) is 6.00. The molecule has 0 heterocycles. The molecule has 0 unspecified atom stereocenters. The number of hydrogen-bond donors (Lipinski definition) is 1. The Hall–Kier alpha value is -1.71. The summed E-state index contributed by atoms with van der Waals surface area (Å²) in [6.07, 6.45) is -0.396. The van der Waals surface area contributed by atoms with E-state index in [4.69, 9.17) is 4.74 Å². The number of rotatable bonds is 3. The lowest BCUT2D eigenvalue weighted by molar-refractivity contribution is 0.0576. The molecule has 0 saturated heterocycles. The van der Waals surface area contributed by atoms with Crippen molar-refractivity contribution in [2.24, 2.45) is 5.92 Å². The van der Waals surface area contributed by atoms with Gasteiger partial charge in [0.25, 0.3) is 0 Å². The third-order valence-corrected chi connectivity index (χ3v) is 2.30. The number of phenols is 1. The summed E-state index contributed by atoms with van der Waals surface area (Å²) in [5.74, 6) is 0.435. The Morgan fingerprint density at radius 2 is 2.00 bits per heavy atom. The van der Waals surface area contributed by atoms with Crippen molar-refractivity contribution < 1.29 is 14.6 Å². The van der Waals surface area contributed by atoms with E-state index in [-0.39, 0.29) is 5.75 Å². The number of nitrogens with zero attached hydrogens (tertiary/aromatic N) is 1. The van der Waals surface area contributed by atoms with Crippen LogP contribution in [0.5, 0.6) is 5.75 Å². The Bertz CT molecular complexity index is 435. The molecule has 0 fully saturated rings. The first-order valence-corrected chi connectivity index (χ1v) is 6.48. The van der Waals surface area contributed by atoms with Gasteiger partial charge in [0.15, 0.2) is 0 Å². The van der Waals surface area contributed by atoms with Gasteiger partial charge in [0.1, 0.15) is 11.4 Å². The van der Waals surface area contributed by atoms with Crippen LogP contribution in [-0.2, 0) is 4.74 Å². The Morgan fingerprint density at radius 1 is 1.37 bits per heavy atom. The number of hydrogen-bond acceptors (Lipinski definition) is 3. The minimum atomic E-state index is -0.539. The van der Waals surface area contributed by atoms with Crippen molar-refractivity contribution in [2.75, 3.05) is 11.4 Å². The number of aromatic hydroxyl groups is 1. The lowest BCUT2D eigenvalue weighted by atomic mass is 10.2. The average Bonchev–Trinajstić information content (AvgIpc) is 2.23. The Morgan fingerprint density at radius 3 is 2.47 bits per heavy atom. The van der Waals surface area contributed by atoms with Crippen molar-refractivity contribution in [3.63, 3.8) is 0 Å². The van der Waals surface area contributed by atoms with E-state index in [1.54, 1.807) is 29.2 Å². The quantitative estimate of drug-likeness (QED) is 0.904. The second kappa shape index (κ2) is 5.95. The molecule has 0 radical (unpaired) electrons. The summed E-state index contributed by atoms with van der Waals surface area (Å²) >= 11 is 0. The highest BCUT2D eigenvalue weighted by Gasteiger charge is 2.24. The Labute approximate surface area is 115 Å². The molecule has 0 spiro atoms. The van der Waals surface area contributed by atoms with Gasteiger partial charge in [-0.05, 0) is 38.8 Å². The van der Waals surface area contributed by atoms with Crippen molar-refractivity contribution in [1.82, 2.24) is 0 Å². The zero-order valence-corrected chi connectivity index (χ0v) is 12.3. The monoisotopic (exact) mass is 265 g/mol. The van der Waals surface area contributed by atoms with Crippen LogP contribution in [0.15, 0.2) is 24.3 Å². The standard InChI is InChI=1S/C15H23NO3/c1-11(2)10-16(14(18)19-15(3,4)5)12-7-6-8-13(17)9-12/h6-9,11,17H,10H2,1-5H3. The number of amides is 1. The fraction of sp³-hybridized carbons (Fsp3) is 0.533. The Balaban J connectivity index is 2.98. The number of carbonyl (C=O) groups is 1. The second-order valence-corrected chi connectivity index (χ2v) is 6.00. The SMILES string of the molecule is CC(C)CN(C(=O)OC(C)(C)C)c1cccc(O)c1. The zero-order chi connectivity index (χ0) is 14.6. The van der Waals surface area contributed by atoms with Gasteiger partial charge < -0.3 is 9.84 Å². The largest absolute Gasteiger partial charge is 0.508 e. The number of benzene rings is 1. The van der Waals surface area contributed by atoms with Crippen LogP contribution < -0.4 is 4.90 Å². The van der Waals surface area contributed by atoms with Gasteiger partial charge in [0.05, 0.1) is 5.69 Å². The van der Waals surface area contributed by atoms with E-state index in [0.29, 0.717) is 18.2 Å². The minimum Gasteiger partial charge on any atom is -0.508 e. The molecule has 0 aliphatic rings. The molecule has 1 amide bonds. The molecule has 4 nitrogen and oxygen atoms in total. The maximum absolute atomic E-state index is 12.2. The van der Waals surface area contributed by atoms with E-state index in [1.807, 2.05) is 34.6 Å². The smallest absolute Gasteiger partial charge is 0.414 e. The molecule has 106 valence electrons. The van der Waals surface area contributed by atoms with Crippen molar-refractivity contribution in [2.45, 2.75) is 40.2 Å². The molecule has 1 aromatic rings. The fourth-order valence-corrected chi connectivity index (χ4v) is 1.63. The van der Waals surface area contributed by atoms with Crippen LogP contribution in [0.1, 0.15) is 34.6 Å². The van der Waals surface area contributed by atoms with Gasteiger partial charge in [-0.25, -0.2) is 4.79 Å². The van der Waals surface area contributed by atoms with E-state index in [1.165, 1.54) is 0 Å². The highest BCUT2D eigenvalue weighted by molar-refractivity contribution is 5.88. The summed E-state index contributed by atoms with van der Waals surface area (Å²) in [6, 6.07) is 6.63. The summed E-state index contributed by atoms with van der Waals surface area (Å²) < 4.78 is 5.40. The van der Waals surface area contributed by atoms with Crippen LogP contribution in [0.25, 0.3) is 0 Å². The highest BCUT2D eigenvalue weighted by Crippen LogP contribution is 2.23. The van der Waals surface area contributed by atoms with Crippen LogP contribution in [0, 0.1) is 5.92 Å². The van der Waals surface area contributed by atoms with Crippen LogP contribution in [-0.4, -0.2) is 23.3 Å². The summed E-state index contributed by atoms with van der Waals surface area (Å²) in [4.78, 5) is 13.8. The van der Waals surface area contributed by atoms with E-state index >= 15 is 0 Å². The van der Waals surface area contributed by atoms with Crippen molar-refractivity contribution in [3.8, 4) is 5.75 Å². The van der Waals surface area contributed by atoms with Crippen LogP contribution >= 0.6 is 0 Å². The maximum Gasteiger partial charge on any atom is 0.414 e. The molecule has 1 N–H and O–H groups in total. The van der Waals surface area contributed by atoms with Gasteiger partial charge in [-0.15, -0.1) is 0 Å². The number of carbonyl (C=O) groups excluding carboxylic acids is 1. The molecule has 0 saturated carbocycles. The van der Waals surface area contributed by atoms with E-state index in [2.05, 4.69) is 0 Å². The predicted molar refractivity (Wildman–Crippen MR) is 76.5 cm³/mol. The summed E-state index contributed by atoms with van der Waals surface area (Å²) in [6.45, 7) is 10.1. The normalized spacial score (nSPS) is 11.5. The van der Waals surface area contributed by atoms with Crippen molar-refractivity contribution in [1.29, 1.82) is 0 Å². The summed E-state index contributed by atoms with van der Waals surface area (Å²) in [7, 11) is 0. The summed E-state index contributed by atoms with van der Waals surface area (Å²) in [5.41, 5.74) is 0.103. The van der Waals surface area contributed by atoms with Gasteiger partial charge in [-0.2, -0.15) is 0 Å². The van der Waals surface area contributed by atoms with Crippen LogP contribution in [0.2, 0.25) is 0 Å². The zero-order valence-electron chi connectivity index (χ0n) is 12.3. The number of ether oxygens (including phenoxy) is 1. The van der Waals surface area contributed by atoms with E-state index < -0.39 is 11.7 Å². The first-order valence-electron chi connectivity index (χ1n) is 6.48. The van der Waals surface area contributed by atoms with Crippen LogP contribution in [0.4, 0.5) is 10.5 Å². The molecule has 0 aromatic heterocycles. The van der Waals surface area contributed by atoms with Crippen molar-refractivity contribution >= 4 is 11.8 Å². The fourth-order valence-electron chi connectivity index (χ4n) is 1.63. The average molecular weight is 265 g/mol. The Kier molecular flexibility index (Phi) is 4.81. The molecule has 1 aromatic carbocycles.